The van der Waals surface area contributed by atoms with Crippen molar-refractivity contribution < 1.29 is 14.3 Å². The van der Waals surface area contributed by atoms with Crippen LogP contribution in [0.15, 0.2) is 58.4 Å². The number of imidazole rings is 1. The van der Waals surface area contributed by atoms with E-state index in [9.17, 15) is 4.79 Å². The van der Waals surface area contributed by atoms with Gasteiger partial charge in [0, 0.05) is 30.1 Å². The number of hydrogen-bond donors (Lipinski definition) is 0. The van der Waals surface area contributed by atoms with E-state index in [1.54, 1.807) is 17.8 Å². The predicted octanol–water partition coefficient (Wildman–Crippen LogP) is 6.04. The molecule has 1 aliphatic heterocycles. The maximum atomic E-state index is 11.7. The summed E-state index contributed by atoms with van der Waals surface area (Å²) in [5.41, 5.74) is 2.61. The molecule has 0 amide bonds. The van der Waals surface area contributed by atoms with Gasteiger partial charge in [-0.2, -0.15) is 0 Å². The van der Waals surface area contributed by atoms with Crippen molar-refractivity contribution in [3.8, 4) is 0 Å². The molecule has 1 saturated heterocycles. The van der Waals surface area contributed by atoms with Crippen LogP contribution in [-0.4, -0.2) is 35.8 Å². The van der Waals surface area contributed by atoms with Crippen molar-refractivity contribution in [3.05, 3.63) is 59.3 Å². The SMILES string of the molecule is C=C/C(=C\C=C(/C)Sc1ccc2c(c1)nc(C(C)(C)C)n2CC1CCOCC1)C(=O)OC. The van der Waals surface area contributed by atoms with Crippen molar-refractivity contribution in [1.29, 1.82) is 0 Å². The number of nitrogens with zero attached hydrogens (tertiary/aromatic N) is 2. The highest BCUT2D eigenvalue weighted by Crippen LogP contribution is 2.33. The predicted molar refractivity (Wildman–Crippen MR) is 132 cm³/mol. The number of rotatable bonds is 7. The van der Waals surface area contributed by atoms with Crippen molar-refractivity contribution >= 4 is 28.8 Å². The molecule has 0 spiro atoms. The average Bonchev–Trinajstić information content (AvgIpc) is 3.12. The molecule has 3 rings (SSSR count). The van der Waals surface area contributed by atoms with Gasteiger partial charge in [0.05, 0.1) is 23.7 Å². The van der Waals surface area contributed by atoms with Crippen LogP contribution in [0.3, 0.4) is 0 Å². The molecular formula is C26H34N2O3S. The number of fused-ring (bicyclic) bond motifs is 1. The number of methoxy groups -OCH3 is 1. The summed E-state index contributed by atoms with van der Waals surface area (Å²) in [6.45, 7) is 15.1. The lowest BCUT2D eigenvalue weighted by molar-refractivity contribution is -0.135. The van der Waals surface area contributed by atoms with E-state index >= 15 is 0 Å². The van der Waals surface area contributed by atoms with Crippen LogP contribution in [0.25, 0.3) is 11.0 Å². The fourth-order valence-electron chi connectivity index (χ4n) is 3.88. The first-order chi connectivity index (χ1) is 15.2. The molecule has 1 fully saturated rings. The van der Waals surface area contributed by atoms with E-state index in [1.165, 1.54) is 18.7 Å². The van der Waals surface area contributed by atoms with Crippen LogP contribution in [0.4, 0.5) is 0 Å². The monoisotopic (exact) mass is 454 g/mol. The van der Waals surface area contributed by atoms with Gasteiger partial charge in [-0.25, -0.2) is 9.78 Å². The van der Waals surface area contributed by atoms with Crippen LogP contribution in [-0.2, 0) is 26.2 Å². The van der Waals surface area contributed by atoms with Crippen LogP contribution in [0.1, 0.15) is 46.4 Å². The second kappa shape index (κ2) is 10.5. The number of aromatic nitrogens is 2. The van der Waals surface area contributed by atoms with Crippen LogP contribution >= 0.6 is 11.8 Å². The van der Waals surface area contributed by atoms with E-state index in [2.05, 4.69) is 50.1 Å². The second-order valence-electron chi connectivity index (χ2n) is 9.20. The minimum atomic E-state index is -0.389. The van der Waals surface area contributed by atoms with Gasteiger partial charge in [0.25, 0.3) is 0 Å². The van der Waals surface area contributed by atoms with E-state index in [0.29, 0.717) is 11.5 Å². The Labute approximate surface area is 195 Å². The zero-order valence-corrected chi connectivity index (χ0v) is 20.6. The van der Waals surface area contributed by atoms with E-state index in [-0.39, 0.29) is 11.4 Å². The average molecular weight is 455 g/mol. The molecule has 32 heavy (non-hydrogen) atoms. The Morgan fingerprint density at radius 3 is 2.66 bits per heavy atom. The van der Waals surface area contributed by atoms with Crippen LogP contribution in [0.2, 0.25) is 0 Å². The van der Waals surface area contributed by atoms with Crippen molar-refractivity contribution in [2.45, 2.75) is 57.4 Å². The lowest BCUT2D eigenvalue weighted by Gasteiger charge is -2.26. The van der Waals surface area contributed by atoms with Gasteiger partial charge in [-0.15, -0.1) is 0 Å². The summed E-state index contributed by atoms with van der Waals surface area (Å²) in [5, 5.41) is 0. The van der Waals surface area contributed by atoms with Gasteiger partial charge in [0.2, 0.25) is 0 Å². The van der Waals surface area contributed by atoms with E-state index in [4.69, 9.17) is 14.5 Å². The Morgan fingerprint density at radius 2 is 2.03 bits per heavy atom. The molecule has 0 bridgehead atoms. The summed E-state index contributed by atoms with van der Waals surface area (Å²) in [7, 11) is 1.37. The molecular weight excluding hydrogens is 420 g/mol. The third-order valence-electron chi connectivity index (χ3n) is 5.59. The standard InChI is InChI=1S/C26H34N2O3S/c1-7-20(24(29)30-6)9-8-18(2)32-21-10-11-23-22(16-21)27-25(26(3,4)5)28(23)17-19-12-14-31-15-13-19/h7-11,16,19H,1,12-15,17H2,2-6H3/b18-8+,20-9+. The summed E-state index contributed by atoms with van der Waals surface area (Å²) in [5.74, 6) is 1.37. The summed E-state index contributed by atoms with van der Waals surface area (Å²) in [4.78, 5) is 18.9. The topological polar surface area (TPSA) is 53.4 Å². The molecule has 0 aliphatic carbocycles. The first-order valence-electron chi connectivity index (χ1n) is 11.1. The molecule has 1 aromatic heterocycles. The molecule has 1 aliphatic rings. The van der Waals surface area contributed by atoms with E-state index in [1.807, 2.05) is 13.0 Å². The fourth-order valence-corrected chi connectivity index (χ4v) is 4.70. The number of carbonyl (C=O) groups is 1. The van der Waals surface area contributed by atoms with E-state index in [0.717, 1.165) is 53.7 Å². The molecule has 5 nitrogen and oxygen atoms in total. The van der Waals surface area contributed by atoms with Crippen LogP contribution in [0.5, 0.6) is 0 Å². The van der Waals surface area contributed by atoms with Gasteiger partial charge < -0.3 is 14.0 Å². The number of carbonyl (C=O) groups excluding carboxylic acids is 1. The van der Waals surface area contributed by atoms with Crippen LogP contribution < -0.4 is 0 Å². The van der Waals surface area contributed by atoms with Gasteiger partial charge in [-0.1, -0.05) is 51.3 Å². The third kappa shape index (κ3) is 5.93. The van der Waals surface area contributed by atoms with Crippen LogP contribution in [0, 0.1) is 5.92 Å². The lowest BCUT2D eigenvalue weighted by atomic mass is 9.94. The number of thioether (sulfide) groups is 1. The molecule has 6 heteroatoms. The Morgan fingerprint density at radius 1 is 1.31 bits per heavy atom. The van der Waals surface area contributed by atoms with Crippen molar-refractivity contribution in [1.82, 2.24) is 9.55 Å². The number of hydrogen-bond acceptors (Lipinski definition) is 5. The molecule has 0 unspecified atom stereocenters. The minimum absolute atomic E-state index is 0.0346. The first kappa shape index (κ1) is 24.3. The number of ether oxygens (including phenoxy) is 2. The van der Waals surface area contributed by atoms with Crippen molar-refractivity contribution in [2.75, 3.05) is 20.3 Å². The third-order valence-corrected chi connectivity index (χ3v) is 6.54. The quantitative estimate of drug-likeness (QED) is 0.221. The summed E-state index contributed by atoms with van der Waals surface area (Å²) in [6, 6.07) is 6.49. The molecule has 0 radical (unpaired) electrons. The minimum Gasteiger partial charge on any atom is -0.465 e. The number of esters is 1. The second-order valence-corrected chi connectivity index (χ2v) is 10.5. The largest absolute Gasteiger partial charge is 0.465 e. The van der Waals surface area contributed by atoms with Gasteiger partial charge in [-0.05, 0) is 54.9 Å². The fraction of sp³-hybridized carbons (Fsp3) is 0.462. The summed E-state index contributed by atoms with van der Waals surface area (Å²) in [6.07, 6.45) is 7.36. The Balaban J connectivity index is 1.88. The maximum Gasteiger partial charge on any atom is 0.337 e. The smallest absolute Gasteiger partial charge is 0.337 e. The molecule has 2 aromatic rings. The maximum absolute atomic E-state index is 11.7. The van der Waals surface area contributed by atoms with Gasteiger partial charge in [-0.3, -0.25) is 0 Å². The Kier molecular flexibility index (Phi) is 8.01. The summed E-state index contributed by atoms with van der Waals surface area (Å²) < 4.78 is 12.7. The van der Waals surface area contributed by atoms with Gasteiger partial charge in [0.1, 0.15) is 5.82 Å². The molecule has 2 heterocycles. The van der Waals surface area contributed by atoms with Crippen molar-refractivity contribution in [2.24, 2.45) is 5.92 Å². The molecule has 0 N–H and O–H groups in total. The Hall–Kier alpha value is -2.31. The summed E-state index contributed by atoms with van der Waals surface area (Å²) >= 11 is 1.65. The normalized spacial score (nSPS) is 16.4. The number of benzene rings is 1. The van der Waals surface area contributed by atoms with Crippen molar-refractivity contribution in [3.63, 3.8) is 0 Å². The zero-order valence-electron chi connectivity index (χ0n) is 19.8. The highest BCUT2D eigenvalue weighted by Gasteiger charge is 2.25. The lowest BCUT2D eigenvalue weighted by Crippen LogP contribution is -2.25. The molecule has 0 atom stereocenters. The van der Waals surface area contributed by atoms with E-state index < -0.39 is 0 Å². The Bertz CT molecular complexity index is 1040. The van der Waals surface area contributed by atoms with Gasteiger partial charge in [0.15, 0.2) is 0 Å². The molecule has 0 saturated carbocycles. The first-order valence-corrected chi connectivity index (χ1v) is 11.9. The number of allylic oxidation sites excluding steroid dienone is 3. The molecule has 1 aromatic carbocycles. The highest BCUT2D eigenvalue weighted by molar-refractivity contribution is 8.03. The highest BCUT2D eigenvalue weighted by atomic mass is 32.2. The molecule has 172 valence electrons. The zero-order chi connectivity index (χ0) is 23.3. The van der Waals surface area contributed by atoms with Gasteiger partial charge >= 0.3 is 5.97 Å².